The van der Waals surface area contributed by atoms with Crippen LogP contribution in [0.25, 0.3) is 0 Å². The first kappa shape index (κ1) is 25.6. The van der Waals surface area contributed by atoms with Crippen LogP contribution in [0.5, 0.6) is 0 Å². The molecule has 2 N–H and O–H groups in total. The van der Waals surface area contributed by atoms with E-state index in [1.807, 2.05) is 24.3 Å². The molecule has 0 atom stereocenters. The smallest absolute Gasteiger partial charge is 0.270 e. The first-order valence-corrected chi connectivity index (χ1v) is 12.9. The number of hydrogen-bond donors (Lipinski definition) is 2. The van der Waals surface area contributed by atoms with Crippen LogP contribution >= 0.6 is 11.6 Å². The second-order valence-electron chi connectivity index (χ2n) is 8.03. The van der Waals surface area contributed by atoms with E-state index in [0.29, 0.717) is 0 Å². The Bertz CT molecular complexity index is 1380. The number of benzene rings is 3. The SMILES string of the molecule is O=[N+]([O-])c1ccc(N/N=C/c2cccc(CN3CCOCC3)c2)c(S(=O)(=O)Nc2ccccc2Cl)c1. The van der Waals surface area contributed by atoms with Gasteiger partial charge in [0.2, 0.25) is 0 Å². The topological polar surface area (TPSA) is 126 Å². The molecule has 12 heteroatoms. The van der Waals surface area contributed by atoms with Gasteiger partial charge in [-0.25, -0.2) is 8.42 Å². The van der Waals surface area contributed by atoms with Crippen molar-refractivity contribution in [3.05, 3.63) is 93.0 Å². The van der Waals surface area contributed by atoms with E-state index in [1.54, 1.807) is 18.3 Å². The number of sulfonamides is 1. The molecule has 0 amide bonds. The molecular weight excluding hydrogens is 506 g/mol. The maximum absolute atomic E-state index is 13.1. The summed E-state index contributed by atoms with van der Waals surface area (Å²) in [6.45, 7) is 3.98. The molecule has 1 heterocycles. The summed E-state index contributed by atoms with van der Waals surface area (Å²) in [5.41, 5.74) is 4.48. The molecule has 10 nitrogen and oxygen atoms in total. The summed E-state index contributed by atoms with van der Waals surface area (Å²) in [6.07, 6.45) is 1.56. The summed E-state index contributed by atoms with van der Waals surface area (Å²) in [6, 6.07) is 17.6. The van der Waals surface area contributed by atoms with Crippen LogP contribution in [0, 0.1) is 10.1 Å². The minimum Gasteiger partial charge on any atom is -0.379 e. The number of morpholine rings is 1. The molecule has 3 aromatic rings. The van der Waals surface area contributed by atoms with Crippen LogP contribution in [0.3, 0.4) is 0 Å². The van der Waals surface area contributed by atoms with Crippen molar-refractivity contribution < 1.29 is 18.1 Å². The Hall–Kier alpha value is -3.51. The molecule has 0 radical (unpaired) electrons. The van der Waals surface area contributed by atoms with Crippen LogP contribution in [-0.2, 0) is 21.3 Å². The van der Waals surface area contributed by atoms with Gasteiger partial charge in [-0.1, -0.05) is 41.9 Å². The van der Waals surface area contributed by atoms with E-state index >= 15 is 0 Å². The van der Waals surface area contributed by atoms with E-state index in [-0.39, 0.29) is 27.0 Å². The predicted octanol–water partition coefficient (Wildman–Crippen LogP) is 4.33. The van der Waals surface area contributed by atoms with Crippen LogP contribution in [0.4, 0.5) is 17.1 Å². The van der Waals surface area contributed by atoms with E-state index in [1.165, 1.54) is 24.3 Å². The highest BCUT2D eigenvalue weighted by Gasteiger charge is 2.23. The average molecular weight is 530 g/mol. The van der Waals surface area contributed by atoms with Gasteiger partial charge >= 0.3 is 0 Å². The van der Waals surface area contributed by atoms with E-state index < -0.39 is 14.9 Å². The number of ether oxygens (including phenoxy) is 1. The highest BCUT2D eigenvalue weighted by Crippen LogP contribution is 2.30. The van der Waals surface area contributed by atoms with Gasteiger partial charge in [-0.15, -0.1) is 0 Å². The predicted molar refractivity (Wildman–Crippen MR) is 139 cm³/mol. The fourth-order valence-electron chi connectivity index (χ4n) is 3.65. The van der Waals surface area contributed by atoms with E-state index in [9.17, 15) is 18.5 Å². The largest absolute Gasteiger partial charge is 0.379 e. The highest BCUT2D eigenvalue weighted by molar-refractivity contribution is 7.93. The number of non-ortho nitro benzene ring substituents is 1. The molecule has 1 aliphatic heterocycles. The fourth-order valence-corrected chi connectivity index (χ4v) is 5.14. The standard InChI is InChI=1S/C24H24ClN5O5S/c25-21-6-1-2-7-22(21)28-36(33,34)24-15-20(30(31)32)8-9-23(24)27-26-16-18-4-3-5-19(14-18)17-29-10-12-35-13-11-29/h1-9,14-16,27-28H,10-13,17H2/b26-16+. The third-order valence-corrected chi connectivity index (χ3v) is 7.18. The van der Waals surface area contributed by atoms with Gasteiger partial charge < -0.3 is 4.74 Å². The number of hydrogen-bond acceptors (Lipinski definition) is 8. The molecule has 0 unspecified atom stereocenters. The zero-order valence-electron chi connectivity index (χ0n) is 19.1. The first-order chi connectivity index (χ1) is 17.3. The number of anilines is 2. The summed E-state index contributed by atoms with van der Waals surface area (Å²) >= 11 is 6.08. The number of nitrogens with one attached hydrogen (secondary N) is 2. The monoisotopic (exact) mass is 529 g/mol. The van der Waals surface area contributed by atoms with Crippen molar-refractivity contribution >= 4 is 44.9 Å². The van der Waals surface area contributed by atoms with Crippen molar-refractivity contribution in [3.63, 3.8) is 0 Å². The summed E-state index contributed by atoms with van der Waals surface area (Å²) in [5.74, 6) is 0. The summed E-state index contributed by atoms with van der Waals surface area (Å²) in [7, 11) is -4.23. The molecule has 0 aliphatic carbocycles. The summed E-state index contributed by atoms with van der Waals surface area (Å²) in [5, 5.41) is 15.7. The number of nitro groups is 1. The first-order valence-electron chi connectivity index (χ1n) is 11.1. The Morgan fingerprint density at radius 3 is 2.58 bits per heavy atom. The number of nitro benzene ring substituents is 1. The normalized spacial score (nSPS) is 14.6. The van der Waals surface area contributed by atoms with Gasteiger partial charge in [-0.2, -0.15) is 5.10 Å². The van der Waals surface area contributed by atoms with E-state index in [0.717, 1.165) is 50.0 Å². The Labute approximate surface area is 213 Å². The lowest BCUT2D eigenvalue weighted by molar-refractivity contribution is -0.385. The minimum absolute atomic E-state index is 0.0703. The van der Waals surface area contributed by atoms with Crippen molar-refractivity contribution in [2.75, 3.05) is 36.5 Å². The summed E-state index contributed by atoms with van der Waals surface area (Å²) < 4.78 is 34.0. The number of rotatable bonds is 9. The van der Waals surface area contributed by atoms with Gasteiger partial charge in [-0.05, 0) is 35.4 Å². The quantitative estimate of drug-likeness (QED) is 0.240. The van der Waals surface area contributed by atoms with Crippen molar-refractivity contribution in [1.82, 2.24) is 4.90 Å². The van der Waals surface area contributed by atoms with E-state index in [4.69, 9.17) is 16.3 Å². The molecule has 0 spiro atoms. The molecule has 0 bridgehead atoms. The second kappa shape index (κ2) is 11.5. The second-order valence-corrected chi connectivity index (χ2v) is 10.1. The molecule has 188 valence electrons. The lowest BCUT2D eigenvalue weighted by Gasteiger charge is -2.26. The molecule has 36 heavy (non-hydrogen) atoms. The third-order valence-electron chi connectivity index (χ3n) is 5.44. The van der Waals surface area contributed by atoms with Crippen molar-refractivity contribution in [1.29, 1.82) is 0 Å². The molecule has 1 saturated heterocycles. The number of halogens is 1. The average Bonchev–Trinajstić information content (AvgIpc) is 2.86. The Kier molecular flexibility index (Phi) is 8.16. The molecule has 0 aromatic heterocycles. The van der Waals surface area contributed by atoms with Crippen molar-refractivity contribution in [2.24, 2.45) is 5.10 Å². The number of para-hydroxylation sites is 1. The van der Waals surface area contributed by atoms with Crippen LogP contribution in [0.15, 0.2) is 76.7 Å². The Morgan fingerprint density at radius 1 is 1.06 bits per heavy atom. The molecule has 4 rings (SSSR count). The minimum atomic E-state index is -4.23. The van der Waals surface area contributed by atoms with Crippen LogP contribution in [0.2, 0.25) is 5.02 Å². The zero-order valence-corrected chi connectivity index (χ0v) is 20.7. The molecule has 1 fully saturated rings. The van der Waals surface area contributed by atoms with Gasteiger partial charge in [0, 0.05) is 31.8 Å². The van der Waals surface area contributed by atoms with Crippen molar-refractivity contribution in [2.45, 2.75) is 11.4 Å². The lowest BCUT2D eigenvalue weighted by atomic mass is 10.1. The zero-order chi connectivity index (χ0) is 25.5. The lowest BCUT2D eigenvalue weighted by Crippen LogP contribution is -2.35. The maximum atomic E-state index is 13.1. The van der Waals surface area contributed by atoms with Gasteiger partial charge in [0.05, 0.1) is 40.7 Å². The third kappa shape index (κ3) is 6.58. The fraction of sp³-hybridized carbons (Fsp3) is 0.208. The van der Waals surface area contributed by atoms with Gasteiger partial charge in [0.1, 0.15) is 4.90 Å². The van der Waals surface area contributed by atoms with E-state index in [2.05, 4.69) is 20.1 Å². The molecule has 0 saturated carbocycles. The number of nitrogens with zero attached hydrogens (tertiary/aromatic N) is 3. The van der Waals surface area contributed by atoms with Crippen LogP contribution in [0.1, 0.15) is 11.1 Å². The molecular formula is C24H24ClN5O5S. The Balaban J connectivity index is 1.54. The van der Waals surface area contributed by atoms with Crippen LogP contribution in [-0.4, -0.2) is 50.8 Å². The highest BCUT2D eigenvalue weighted by atomic mass is 35.5. The van der Waals surface area contributed by atoms with Gasteiger partial charge in [0.25, 0.3) is 15.7 Å². The number of hydrazone groups is 1. The van der Waals surface area contributed by atoms with Gasteiger partial charge in [0.15, 0.2) is 0 Å². The van der Waals surface area contributed by atoms with Crippen molar-refractivity contribution in [3.8, 4) is 0 Å². The molecule has 3 aromatic carbocycles. The van der Waals surface area contributed by atoms with Gasteiger partial charge in [-0.3, -0.25) is 25.2 Å². The summed E-state index contributed by atoms with van der Waals surface area (Å²) in [4.78, 5) is 12.6. The maximum Gasteiger partial charge on any atom is 0.270 e. The van der Waals surface area contributed by atoms with Crippen LogP contribution < -0.4 is 10.1 Å². The Morgan fingerprint density at radius 2 is 1.83 bits per heavy atom. The molecule has 1 aliphatic rings.